The third kappa shape index (κ3) is 1.60. The van der Waals surface area contributed by atoms with Gasteiger partial charge in [-0.2, -0.15) is 13.2 Å². The van der Waals surface area contributed by atoms with Crippen LogP contribution in [0.1, 0.15) is 32.1 Å². The predicted octanol–water partition coefficient (Wildman–Crippen LogP) is 4.66. The van der Waals surface area contributed by atoms with Gasteiger partial charge in [0.2, 0.25) is 0 Å². The Labute approximate surface area is 110 Å². The van der Waals surface area contributed by atoms with E-state index in [1.165, 1.54) is 0 Å². The summed E-state index contributed by atoms with van der Waals surface area (Å²) in [5.41, 5.74) is 0. The van der Waals surface area contributed by atoms with Crippen molar-refractivity contribution in [3.8, 4) is 0 Å². The molecule has 5 atom stereocenters. The van der Waals surface area contributed by atoms with Gasteiger partial charge < -0.3 is 0 Å². The molecule has 0 aromatic heterocycles. The second kappa shape index (κ2) is 3.19. The predicted molar refractivity (Wildman–Crippen MR) is 62.9 cm³/mol. The molecular weight excluding hydrogens is 349 g/mol. The van der Waals surface area contributed by atoms with Gasteiger partial charge in [-0.05, 0) is 43.9 Å². The van der Waals surface area contributed by atoms with Gasteiger partial charge in [0.15, 0.2) is 0 Å². The normalized spacial score (nSPS) is 55.7. The van der Waals surface area contributed by atoms with Crippen LogP contribution in [-0.4, -0.2) is 14.8 Å². The Bertz CT molecular complexity index is 330. The Hall–Kier alpha value is 0.750. The summed E-state index contributed by atoms with van der Waals surface area (Å²) in [6.07, 6.45) is -0.212. The fraction of sp³-hybridized carbons (Fsp3) is 1.00. The monoisotopic (exact) mass is 360 g/mol. The van der Waals surface area contributed by atoms with Gasteiger partial charge in [-0.15, -0.1) is 0 Å². The van der Waals surface area contributed by atoms with E-state index in [0.29, 0.717) is 25.2 Å². The third-order valence-corrected chi connectivity index (χ3v) is 6.56. The fourth-order valence-electron chi connectivity index (χ4n) is 4.52. The van der Waals surface area contributed by atoms with Crippen LogP contribution in [0.3, 0.4) is 0 Å². The first-order valence-corrected chi connectivity index (χ1v) is 7.25. The second-order valence-corrected chi connectivity index (χ2v) is 9.12. The van der Waals surface area contributed by atoms with Crippen LogP contribution in [0.15, 0.2) is 0 Å². The van der Waals surface area contributed by atoms with Crippen LogP contribution in [0.4, 0.5) is 13.2 Å². The maximum Gasteiger partial charge on any atom is 0.393 e. The van der Waals surface area contributed by atoms with Crippen LogP contribution in [0.25, 0.3) is 0 Å². The minimum absolute atomic E-state index is 0.0237. The summed E-state index contributed by atoms with van der Waals surface area (Å²) in [7, 11) is 0. The SMILES string of the molecule is FC(F)(F)C1C2CC3CC(Br)(C2)CC1(Br)C3. The minimum atomic E-state index is -4.05. The molecule has 0 N–H and O–H groups in total. The van der Waals surface area contributed by atoms with Gasteiger partial charge >= 0.3 is 6.18 Å². The van der Waals surface area contributed by atoms with Gasteiger partial charge in [0, 0.05) is 8.65 Å². The third-order valence-electron chi connectivity index (χ3n) is 4.54. The van der Waals surface area contributed by atoms with E-state index in [2.05, 4.69) is 31.9 Å². The zero-order valence-electron chi connectivity index (χ0n) is 8.66. The lowest BCUT2D eigenvalue weighted by molar-refractivity contribution is -0.225. The van der Waals surface area contributed by atoms with E-state index in [1.54, 1.807) is 0 Å². The van der Waals surface area contributed by atoms with E-state index in [4.69, 9.17) is 0 Å². The van der Waals surface area contributed by atoms with Gasteiger partial charge in [0.1, 0.15) is 0 Å². The minimum Gasteiger partial charge on any atom is -0.171 e. The molecule has 5 unspecified atom stereocenters. The summed E-state index contributed by atoms with van der Waals surface area (Å²) in [4.78, 5) is 0. The molecule has 0 nitrogen and oxygen atoms in total. The van der Waals surface area contributed by atoms with Crippen LogP contribution in [0.5, 0.6) is 0 Å². The summed E-state index contributed by atoms with van der Waals surface area (Å²) in [5.74, 6) is -0.841. The molecule has 92 valence electrons. The molecule has 16 heavy (non-hydrogen) atoms. The van der Waals surface area contributed by atoms with E-state index in [1.807, 2.05) is 0 Å². The number of hydrogen-bond acceptors (Lipinski definition) is 0. The topological polar surface area (TPSA) is 0 Å². The van der Waals surface area contributed by atoms with E-state index in [-0.39, 0.29) is 10.2 Å². The average molecular weight is 362 g/mol. The van der Waals surface area contributed by atoms with Crippen LogP contribution in [0, 0.1) is 17.8 Å². The summed E-state index contributed by atoms with van der Waals surface area (Å²) in [6.45, 7) is 0. The number of rotatable bonds is 0. The van der Waals surface area contributed by atoms with E-state index in [9.17, 15) is 13.2 Å². The fourth-order valence-corrected chi connectivity index (χ4v) is 7.90. The maximum atomic E-state index is 13.1. The van der Waals surface area contributed by atoms with Crippen molar-refractivity contribution in [1.29, 1.82) is 0 Å². The first kappa shape index (κ1) is 11.8. The lowest BCUT2D eigenvalue weighted by atomic mass is 9.51. The van der Waals surface area contributed by atoms with E-state index >= 15 is 0 Å². The van der Waals surface area contributed by atoms with Crippen LogP contribution >= 0.6 is 31.9 Å². The van der Waals surface area contributed by atoms with Crippen molar-refractivity contribution >= 4 is 31.9 Å². The molecule has 0 aliphatic heterocycles. The van der Waals surface area contributed by atoms with Crippen molar-refractivity contribution in [3.05, 3.63) is 0 Å². The summed E-state index contributed by atoms with van der Waals surface area (Å²) in [5, 5.41) is 0. The highest BCUT2D eigenvalue weighted by atomic mass is 79.9. The molecule has 4 aliphatic carbocycles. The molecule has 4 fully saturated rings. The lowest BCUT2D eigenvalue weighted by Gasteiger charge is -2.62. The smallest absolute Gasteiger partial charge is 0.171 e. The standard InChI is InChI=1S/C11H13Br2F3/c12-9-2-6-1-7(4-9)8(11(14,15)16)10(13,3-6)5-9/h6-8H,1-5H2. The van der Waals surface area contributed by atoms with Gasteiger partial charge in [-0.25, -0.2) is 0 Å². The van der Waals surface area contributed by atoms with Gasteiger partial charge in [-0.3, -0.25) is 0 Å². The molecule has 4 bridgehead atoms. The van der Waals surface area contributed by atoms with Crippen molar-refractivity contribution < 1.29 is 13.2 Å². The zero-order chi connectivity index (χ0) is 11.8. The quantitative estimate of drug-likeness (QED) is 0.550. The number of hydrogen-bond donors (Lipinski definition) is 0. The highest BCUT2D eigenvalue weighted by molar-refractivity contribution is 9.10. The van der Waals surface area contributed by atoms with Crippen molar-refractivity contribution in [1.82, 2.24) is 0 Å². The molecule has 4 rings (SSSR count). The van der Waals surface area contributed by atoms with Crippen LogP contribution < -0.4 is 0 Å². The largest absolute Gasteiger partial charge is 0.393 e. The van der Waals surface area contributed by atoms with Gasteiger partial charge in [0.05, 0.1) is 5.92 Å². The molecule has 4 aliphatic rings. The Morgan fingerprint density at radius 3 is 2.25 bits per heavy atom. The summed E-state index contributed by atoms with van der Waals surface area (Å²) < 4.78 is 38.7. The van der Waals surface area contributed by atoms with Crippen LogP contribution in [0.2, 0.25) is 0 Å². The highest BCUT2D eigenvalue weighted by Gasteiger charge is 2.67. The average Bonchev–Trinajstić information content (AvgIpc) is 1.91. The van der Waals surface area contributed by atoms with Gasteiger partial charge in [0.25, 0.3) is 0 Å². The van der Waals surface area contributed by atoms with Crippen molar-refractivity contribution in [2.24, 2.45) is 17.8 Å². The Morgan fingerprint density at radius 1 is 1.06 bits per heavy atom. The second-order valence-electron chi connectivity index (χ2n) is 5.86. The van der Waals surface area contributed by atoms with E-state index in [0.717, 1.165) is 12.8 Å². The lowest BCUT2D eigenvalue weighted by Crippen LogP contribution is -2.62. The Morgan fingerprint density at radius 2 is 1.75 bits per heavy atom. The van der Waals surface area contributed by atoms with Crippen molar-refractivity contribution in [2.75, 3.05) is 0 Å². The Kier molecular flexibility index (Phi) is 2.36. The molecular formula is C11H13Br2F3. The molecule has 5 heteroatoms. The zero-order valence-corrected chi connectivity index (χ0v) is 11.8. The molecule has 0 amide bonds. The molecule has 0 heterocycles. The molecule has 0 radical (unpaired) electrons. The van der Waals surface area contributed by atoms with Crippen molar-refractivity contribution in [3.63, 3.8) is 0 Å². The Balaban J connectivity index is 2.00. The highest BCUT2D eigenvalue weighted by Crippen LogP contribution is 2.68. The first-order chi connectivity index (χ1) is 7.22. The molecule has 0 spiro atoms. The number of halogens is 5. The summed E-state index contributed by atoms with van der Waals surface area (Å²) in [6, 6.07) is 0. The number of alkyl halides is 5. The molecule has 4 saturated carbocycles. The summed E-state index contributed by atoms with van der Waals surface area (Å²) >= 11 is 7.13. The molecule has 0 aromatic carbocycles. The van der Waals surface area contributed by atoms with Crippen molar-refractivity contribution in [2.45, 2.75) is 46.9 Å². The van der Waals surface area contributed by atoms with Gasteiger partial charge in [-0.1, -0.05) is 31.9 Å². The molecule has 0 aromatic rings. The van der Waals surface area contributed by atoms with E-state index < -0.39 is 16.4 Å². The first-order valence-electron chi connectivity index (χ1n) is 5.66. The van der Waals surface area contributed by atoms with Crippen LogP contribution in [-0.2, 0) is 0 Å². The molecule has 0 saturated heterocycles. The maximum absolute atomic E-state index is 13.1.